The fraction of sp³-hybridized carbons (Fsp3) is 0.125. The van der Waals surface area contributed by atoms with Crippen molar-refractivity contribution in [2.75, 3.05) is 13.1 Å². The average molecular weight is 300 g/mol. The van der Waals surface area contributed by atoms with Gasteiger partial charge in [-0.05, 0) is 36.4 Å². The molecule has 0 atom stereocenters. The van der Waals surface area contributed by atoms with Crippen LogP contribution in [0.1, 0.15) is 11.5 Å². The first-order chi connectivity index (χ1) is 10.7. The molecule has 0 aliphatic rings. The molecule has 114 valence electrons. The van der Waals surface area contributed by atoms with Gasteiger partial charge in [0.2, 0.25) is 11.8 Å². The third kappa shape index (κ3) is 5.54. The van der Waals surface area contributed by atoms with Gasteiger partial charge in [-0.3, -0.25) is 9.59 Å². The van der Waals surface area contributed by atoms with Crippen molar-refractivity contribution in [1.82, 2.24) is 10.6 Å². The van der Waals surface area contributed by atoms with E-state index >= 15 is 0 Å². The van der Waals surface area contributed by atoms with E-state index in [2.05, 4.69) is 10.6 Å². The van der Waals surface area contributed by atoms with Crippen LogP contribution in [0.2, 0.25) is 0 Å². The molecule has 0 fully saturated rings. The minimum absolute atomic E-state index is 0.253. The zero-order chi connectivity index (χ0) is 15.6. The number of carbonyl (C=O) groups is 2. The van der Waals surface area contributed by atoms with Gasteiger partial charge in [-0.2, -0.15) is 0 Å². The topological polar surface area (TPSA) is 84.5 Å². The number of nitrogens with one attached hydrogen (secondary N) is 2. The zero-order valence-corrected chi connectivity index (χ0v) is 11.8. The van der Waals surface area contributed by atoms with Crippen molar-refractivity contribution in [1.29, 1.82) is 0 Å². The van der Waals surface area contributed by atoms with Gasteiger partial charge >= 0.3 is 0 Å². The predicted octanol–water partition coefficient (Wildman–Crippen LogP) is 1.83. The highest BCUT2D eigenvalue weighted by molar-refractivity contribution is 5.92. The Kier molecular flexibility index (Phi) is 5.80. The molecule has 6 nitrogen and oxygen atoms in total. The summed E-state index contributed by atoms with van der Waals surface area (Å²) >= 11 is 0. The van der Waals surface area contributed by atoms with Gasteiger partial charge in [0.1, 0.15) is 11.5 Å². The van der Waals surface area contributed by atoms with Crippen LogP contribution in [-0.4, -0.2) is 24.9 Å². The maximum Gasteiger partial charge on any atom is 0.244 e. The average Bonchev–Trinajstić information content (AvgIpc) is 3.20. The summed E-state index contributed by atoms with van der Waals surface area (Å²) in [6.07, 6.45) is 8.95. The summed E-state index contributed by atoms with van der Waals surface area (Å²) in [4.78, 5) is 23.0. The van der Waals surface area contributed by atoms with Crippen LogP contribution in [0.4, 0.5) is 0 Å². The van der Waals surface area contributed by atoms with Crippen molar-refractivity contribution in [2.24, 2.45) is 0 Å². The second-order valence-corrected chi connectivity index (χ2v) is 4.28. The summed E-state index contributed by atoms with van der Waals surface area (Å²) < 4.78 is 10.1. The number of carbonyl (C=O) groups excluding carboxylic acids is 2. The summed E-state index contributed by atoms with van der Waals surface area (Å²) in [6.45, 7) is 0.670. The molecule has 0 aromatic carbocycles. The van der Waals surface area contributed by atoms with E-state index in [9.17, 15) is 9.59 Å². The Bertz CT molecular complexity index is 582. The lowest BCUT2D eigenvalue weighted by atomic mass is 10.3. The first kappa shape index (κ1) is 15.4. The highest BCUT2D eigenvalue weighted by Crippen LogP contribution is 2.02. The molecular formula is C16H16N2O4. The molecule has 2 N–H and O–H groups in total. The first-order valence-corrected chi connectivity index (χ1v) is 6.73. The molecule has 0 aliphatic carbocycles. The third-order valence-electron chi connectivity index (χ3n) is 2.61. The lowest BCUT2D eigenvalue weighted by molar-refractivity contribution is -0.118. The molecule has 2 aromatic rings. The van der Waals surface area contributed by atoms with E-state index < -0.39 is 0 Å². The Morgan fingerprint density at radius 1 is 0.864 bits per heavy atom. The normalized spacial score (nSPS) is 11.1. The number of furan rings is 2. The second kappa shape index (κ2) is 8.31. The van der Waals surface area contributed by atoms with Crippen LogP contribution in [0.15, 0.2) is 57.8 Å². The smallest absolute Gasteiger partial charge is 0.244 e. The summed E-state index contributed by atoms with van der Waals surface area (Å²) in [7, 11) is 0. The maximum absolute atomic E-state index is 11.5. The lowest BCUT2D eigenvalue weighted by Crippen LogP contribution is -2.33. The number of hydrogen-bond donors (Lipinski definition) is 2. The van der Waals surface area contributed by atoms with Crippen molar-refractivity contribution in [3.8, 4) is 0 Å². The monoisotopic (exact) mass is 300 g/mol. The van der Waals surface area contributed by atoms with Crippen molar-refractivity contribution in [3.63, 3.8) is 0 Å². The standard InChI is InChI=1S/C16H16N2O4/c19-15(7-5-13-3-1-11-21-13)17-9-10-18-16(20)8-6-14-4-2-12-22-14/h1-8,11-12H,9-10H2,(H,17,19)(H,18,20)/b7-5+,8-6+. The van der Waals surface area contributed by atoms with Crippen LogP contribution in [-0.2, 0) is 9.59 Å². The van der Waals surface area contributed by atoms with Gasteiger partial charge in [0, 0.05) is 25.2 Å². The van der Waals surface area contributed by atoms with Gasteiger partial charge in [0.15, 0.2) is 0 Å². The van der Waals surface area contributed by atoms with Gasteiger partial charge in [-0.15, -0.1) is 0 Å². The zero-order valence-electron chi connectivity index (χ0n) is 11.8. The Labute approximate surface area is 127 Å². The van der Waals surface area contributed by atoms with Crippen LogP contribution < -0.4 is 10.6 Å². The molecule has 0 saturated carbocycles. The van der Waals surface area contributed by atoms with E-state index in [1.807, 2.05) is 0 Å². The molecule has 6 heteroatoms. The predicted molar refractivity (Wildman–Crippen MR) is 81.5 cm³/mol. The SMILES string of the molecule is O=C(/C=C/c1ccco1)NCCNC(=O)/C=C/c1ccco1. The molecule has 0 aliphatic heterocycles. The molecule has 0 radical (unpaired) electrons. The molecule has 2 aromatic heterocycles. The van der Waals surface area contributed by atoms with Gasteiger partial charge in [-0.25, -0.2) is 0 Å². The Morgan fingerprint density at radius 2 is 1.32 bits per heavy atom. The van der Waals surface area contributed by atoms with E-state index in [1.54, 1.807) is 36.4 Å². The van der Waals surface area contributed by atoms with Crippen LogP contribution >= 0.6 is 0 Å². The Balaban J connectivity index is 1.60. The highest BCUT2D eigenvalue weighted by atomic mass is 16.3. The van der Waals surface area contributed by atoms with E-state index in [0.717, 1.165) is 0 Å². The highest BCUT2D eigenvalue weighted by Gasteiger charge is 1.98. The molecular weight excluding hydrogens is 284 g/mol. The first-order valence-electron chi connectivity index (χ1n) is 6.73. The molecule has 0 bridgehead atoms. The van der Waals surface area contributed by atoms with Crippen LogP contribution in [0.5, 0.6) is 0 Å². The van der Waals surface area contributed by atoms with Crippen LogP contribution in [0.25, 0.3) is 12.2 Å². The molecule has 0 unspecified atom stereocenters. The van der Waals surface area contributed by atoms with Crippen molar-refractivity contribution in [2.45, 2.75) is 0 Å². The van der Waals surface area contributed by atoms with Gasteiger partial charge < -0.3 is 19.5 Å². The molecule has 2 rings (SSSR count). The van der Waals surface area contributed by atoms with E-state index in [1.165, 1.54) is 24.7 Å². The molecule has 2 heterocycles. The molecule has 22 heavy (non-hydrogen) atoms. The van der Waals surface area contributed by atoms with Crippen molar-refractivity contribution >= 4 is 24.0 Å². The number of amides is 2. The van der Waals surface area contributed by atoms with E-state index in [4.69, 9.17) is 8.83 Å². The largest absolute Gasteiger partial charge is 0.465 e. The molecule has 2 amide bonds. The number of hydrogen-bond acceptors (Lipinski definition) is 4. The third-order valence-corrected chi connectivity index (χ3v) is 2.61. The van der Waals surface area contributed by atoms with Crippen molar-refractivity contribution < 1.29 is 18.4 Å². The van der Waals surface area contributed by atoms with Crippen molar-refractivity contribution in [3.05, 3.63) is 60.5 Å². The minimum Gasteiger partial charge on any atom is -0.465 e. The summed E-state index contributed by atoms with van der Waals surface area (Å²) in [5, 5.41) is 5.29. The minimum atomic E-state index is -0.253. The van der Waals surface area contributed by atoms with Gasteiger partial charge in [0.25, 0.3) is 0 Å². The number of rotatable bonds is 7. The lowest BCUT2D eigenvalue weighted by Gasteiger charge is -2.02. The fourth-order valence-electron chi connectivity index (χ4n) is 1.58. The fourth-order valence-corrected chi connectivity index (χ4v) is 1.58. The van der Waals surface area contributed by atoms with E-state index in [-0.39, 0.29) is 11.8 Å². The second-order valence-electron chi connectivity index (χ2n) is 4.28. The van der Waals surface area contributed by atoms with E-state index in [0.29, 0.717) is 24.6 Å². The summed E-state index contributed by atoms with van der Waals surface area (Å²) in [5.41, 5.74) is 0. The van der Waals surface area contributed by atoms with Crippen LogP contribution in [0.3, 0.4) is 0 Å². The Hall–Kier alpha value is -3.02. The summed E-state index contributed by atoms with van der Waals surface area (Å²) in [6, 6.07) is 6.97. The molecule has 0 spiro atoms. The van der Waals surface area contributed by atoms with Gasteiger partial charge in [-0.1, -0.05) is 0 Å². The quantitative estimate of drug-likeness (QED) is 0.603. The summed E-state index contributed by atoms with van der Waals surface area (Å²) in [5.74, 6) is 0.701. The van der Waals surface area contributed by atoms with Crippen LogP contribution in [0, 0.1) is 0 Å². The Morgan fingerprint density at radius 3 is 1.68 bits per heavy atom. The van der Waals surface area contributed by atoms with Gasteiger partial charge in [0.05, 0.1) is 12.5 Å². The molecule has 0 saturated heterocycles. The maximum atomic E-state index is 11.5.